The molecule has 0 atom stereocenters. The second-order valence-electron chi connectivity index (χ2n) is 6.12. The zero-order valence-electron chi connectivity index (χ0n) is 14.7. The number of guanidine groups is 1. The number of amides is 1. The average Bonchev–Trinajstić information content (AvgIpc) is 2.75. The number of aliphatic imine (C=N–C) groups is 1. The summed E-state index contributed by atoms with van der Waals surface area (Å²) in [6, 6.07) is 5.67. The molecule has 0 aliphatic carbocycles. The van der Waals surface area contributed by atoms with E-state index in [1.165, 1.54) is 0 Å². The SMILES string of the molecule is NC(N)=NCCCC#Cc1ccc2c(c1)C(=O)N(CCC(=O)O)CCC2. The minimum Gasteiger partial charge on any atom is -0.481 e. The van der Waals surface area contributed by atoms with Crippen LogP contribution in [0.25, 0.3) is 0 Å². The zero-order valence-corrected chi connectivity index (χ0v) is 14.7. The fourth-order valence-electron chi connectivity index (χ4n) is 2.79. The van der Waals surface area contributed by atoms with E-state index in [2.05, 4.69) is 16.8 Å². The predicted molar refractivity (Wildman–Crippen MR) is 99.7 cm³/mol. The first-order valence-corrected chi connectivity index (χ1v) is 8.65. The molecule has 0 saturated heterocycles. The lowest BCUT2D eigenvalue weighted by Gasteiger charge is -2.20. The van der Waals surface area contributed by atoms with E-state index in [0.717, 1.165) is 30.4 Å². The van der Waals surface area contributed by atoms with Gasteiger partial charge in [0, 0.05) is 37.2 Å². The van der Waals surface area contributed by atoms with Crippen LogP contribution in [0.5, 0.6) is 0 Å². The Morgan fingerprint density at radius 2 is 2.15 bits per heavy atom. The third kappa shape index (κ3) is 5.81. The summed E-state index contributed by atoms with van der Waals surface area (Å²) in [6.45, 7) is 1.35. The molecule has 0 saturated carbocycles. The minimum absolute atomic E-state index is 0.0453. The van der Waals surface area contributed by atoms with Gasteiger partial charge in [-0.25, -0.2) is 0 Å². The molecule has 26 heavy (non-hydrogen) atoms. The maximum Gasteiger partial charge on any atom is 0.305 e. The number of unbranched alkanes of at least 4 members (excludes halogenated alkanes) is 1. The number of fused-ring (bicyclic) bond motifs is 1. The standard InChI is InChI=1S/C19H24N4O3/c20-19(21)22-10-3-1-2-5-14-7-8-15-6-4-11-23(12-9-17(24)25)18(26)16(15)13-14/h7-8,13H,1,3-4,6,9-12H2,(H,24,25)(H4,20,21,22). The summed E-state index contributed by atoms with van der Waals surface area (Å²) in [5.74, 6) is 5.19. The van der Waals surface area contributed by atoms with Crippen LogP contribution < -0.4 is 11.5 Å². The van der Waals surface area contributed by atoms with Crippen molar-refractivity contribution in [1.29, 1.82) is 0 Å². The number of aryl methyl sites for hydroxylation is 1. The van der Waals surface area contributed by atoms with Crippen LogP contribution >= 0.6 is 0 Å². The maximum atomic E-state index is 12.7. The topological polar surface area (TPSA) is 122 Å². The van der Waals surface area contributed by atoms with Crippen LogP contribution in [0.15, 0.2) is 23.2 Å². The molecule has 0 radical (unpaired) electrons. The van der Waals surface area contributed by atoms with E-state index in [4.69, 9.17) is 16.6 Å². The number of nitrogens with two attached hydrogens (primary N) is 2. The van der Waals surface area contributed by atoms with E-state index < -0.39 is 5.97 Å². The normalized spacial score (nSPS) is 13.2. The molecule has 5 N–H and O–H groups in total. The molecule has 7 heteroatoms. The lowest BCUT2D eigenvalue weighted by atomic mass is 10.0. The number of carboxylic acids is 1. The van der Waals surface area contributed by atoms with Gasteiger partial charge in [-0.1, -0.05) is 17.9 Å². The number of rotatable bonds is 6. The minimum atomic E-state index is -0.900. The molecule has 1 aliphatic rings. The molecule has 0 unspecified atom stereocenters. The van der Waals surface area contributed by atoms with Crippen molar-refractivity contribution in [2.24, 2.45) is 16.5 Å². The first-order valence-electron chi connectivity index (χ1n) is 8.65. The van der Waals surface area contributed by atoms with Gasteiger partial charge in [-0.2, -0.15) is 0 Å². The molecule has 0 spiro atoms. The quantitative estimate of drug-likeness (QED) is 0.303. The molecule has 7 nitrogen and oxygen atoms in total. The van der Waals surface area contributed by atoms with Gasteiger partial charge >= 0.3 is 5.97 Å². The van der Waals surface area contributed by atoms with Gasteiger partial charge in [0.25, 0.3) is 5.91 Å². The summed E-state index contributed by atoms with van der Waals surface area (Å²) in [4.78, 5) is 29.0. The summed E-state index contributed by atoms with van der Waals surface area (Å²) < 4.78 is 0. The summed E-state index contributed by atoms with van der Waals surface area (Å²) in [5.41, 5.74) is 12.9. The van der Waals surface area contributed by atoms with E-state index in [0.29, 0.717) is 25.1 Å². The Morgan fingerprint density at radius 3 is 2.88 bits per heavy atom. The van der Waals surface area contributed by atoms with Gasteiger partial charge in [-0.05, 0) is 37.0 Å². The Bertz CT molecular complexity index is 758. The third-order valence-corrected chi connectivity index (χ3v) is 4.08. The van der Waals surface area contributed by atoms with Crippen LogP contribution in [0.2, 0.25) is 0 Å². The number of hydrogen-bond acceptors (Lipinski definition) is 3. The molecule has 0 aromatic heterocycles. The maximum absolute atomic E-state index is 12.7. The fourth-order valence-corrected chi connectivity index (χ4v) is 2.79. The average molecular weight is 356 g/mol. The number of hydrogen-bond donors (Lipinski definition) is 3. The van der Waals surface area contributed by atoms with E-state index >= 15 is 0 Å². The van der Waals surface area contributed by atoms with Gasteiger partial charge in [0.1, 0.15) is 0 Å². The third-order valence-electron chi connectivity index (χ3n) is 4.08. The van der Waals surface area contributed by atoms with E-state index in [9.17, 15) is 9.59 Å². The second-order valence-corrected chi connectivity index (χ2v) is 6.12. The van der Waals surface area contributed by atoms with Gasteiger partial charge in [-0.3, -0.25) is 14.6 Å². The number of aliphatic carboxylic acids is 1. The Hall–Kier alpha value is -3.01. The van der Waals surface area contributed by atoms with Crippen molar-refractivity contribution in [3.8, 4) is 11.8 Å². The van der Waals surface area contributed by atoms with Crippen LogP contribution in [-0.4, -0.2) is 47.5 Å². The highest BCUT2D eigenvalue weighted by Crippen LogP contribution is 2.20. The van der Waals surface area contributed by atoms with Crippen molar-refractivity contribution in [3.63, 3.8) is 0 Å². The summed E-state index contributed by atoms with van der Waals surface area (Å²) in [6.07, 6.45) is 3.01. The highest BCUT2D eigenvalue weighted by molar-refractivity contribution is 5.96. The highest BCUT2D eigenvalue weighted by Gasteiger charge is 2.22. The molecule has 138 valence electrons. The molecule has 1 aliphatic heterocycles. The lowest BCUT2D eigenvalue weighted by Crippen LogP contribution is -2.33. The predicted octanol–water partition coefficient (Wildman–Crippen LogP) is 0.955. The Morgan fingerprint density at radius 1 is 1.35 bits per heavy atom. The number of carbonyl (C=O) groups excluding carboxylic acids is 1. The molecule has 2 rings (SSSR count). The number of nitrogens with zero attached hydrogens (tertiary/aromatic N) is 2. The van der Waals surface area contributed by atoms with Crippen molar-refractivity contribution in [3.05, 3.63) is 34.9 Å². The molecule has 0 bridgehead atoms. The molecule has 1 amide bonds. The van der Waals surface area contributed by atoms with E-state index in [1.807, 2.05) is 12.1 Å². The molecule has 1 aromatic rings. The number of benzene rings is 1. The summed E-state index contributed by atoms with van der Waals surface area (Å²) in [5, 5.41) is 8.85. The molecule has 1 heterocycles. The Labute approximate surface area is 153 Å². The van der Waals surface area contributed by atoms with Gasteiger partial charge < -0.3 is 21.5 Å². The van der Waals surface area contributed by atoms with Crippen LogP contribution in [0.3, 0.4) is 0 Å². The van der Waals surface area contributed by atoms with E-state index in [1.54, 1.807) is 11.0 Å². The molecule has 1 aromatic carbocycles. The second kappa shape index (κ2) is 9.47. The monoisotopic (exact) mass is 356 g/mol. The zero-order chi connectivity index (χ0) is 18.9. The summed E-state index contributed by atoms with van der Waals surface area (Å²) >= 11 is 0. The van der Waals surface area contributed by atoms with Crippen molar-refractivity contribution in [1.82, 2.24) is 4.90 Å². The Balaban J connectivity index is 2.06. The number of carboxylic acid groups (broad SMARTS) is 1. The molecular formula is C19H24N4O3. The largest absolute Gasteiger partial charge is 0.481 e. The first kappa shape index (κ1) is 19.3. The molecular weight excluding hydrogens is 332 g/mol. The highest BCUT2D eigenvalue weighted by atomic mass is 16.4. The van der Waals surface area contributed by atoms with Crippen molar-refractivity contribution < 1.29 is 14.7 Å². The van der Waals surface area contributed by atoms with Crippen LogP contribution in [0.4, 0.5) is 0 Å². The van der Waals surface area contributed by atoms with Gasteiger partial charge in [0.05, 0.1) is 6.42 Å². The lowest BCUT2D eigenvalue weighted by molar-refractivity contribution is -0.137. The smallest absolute Gasteiger partial charge is 0.305 e. The van der Waals surface area contributed by atoms with Crippen molar-refractivity contribution >= 4 is 17.8 Å². The Kier molecular flexibility index (Phi) is 7.03. The van der Waals surface area contributed by atoms with Crippen LogP contribution in [0, 0.1) is 11.8 Å². The fraction of sp³-hybridized carbons (Fsp3) is 0.421. The van der Waals surface area contributed by atoms with Gasteiger partial charge in [-0.15, -0.1) is 0 Å². The van der Waals surface area contributed by atoms with Gasteiger partial charge in [0.15, 0.2) is 5.96 Å². The van der Waals surface area contributed by atoms with Crippen LogP contribution in [0.1, 0.15) is 47.2 Å². The van der Waals surface area contributed by atoms with Crippen molar-refractivity contribution in [2.45, 2.75) is 32.1 Å². The van der Waals surface area contributed by atoms with E-state index in [-0.39, 0.29) is 24.8 Å². The number of carbonyl (C=O) groups is 2. The van der Waals surface area contributed by atoms with Crippen molar-refractivity contribution in [2.75, 3.05) is 19.6 Å². The van der Waals surface area contributed by atoms with Crippen LogP contribution in [-0.2, 0) is 11.2 Å². The van der Waals surface area contributed by atoms with Gasteiger partial charge in [0.2, 0.25) is 0 Å². The molecule has 0 fully saturated rings. The summed E-state index contributed by atoms with van der Waals surface area (Å²) in [7, 11) is 0. The first-order chi connectivity index (χ1) is 12.5.